The van der Waals surface area contributed by atoms with E-state index >= 15 is 0 Å². The average molecular weight is 350 g/mol. The molecule has 0 aliphatic heterocycles. The fourth-order valence-electron chi connectivity index (χ4n) is 1.99. The van der Waals surface area contributed by atoms with Crippen LogP contribution in [0.1, 0.15) is 11.1 Å². The van der Waals surface area contributed by atoms with Gasteiger partial charge in [-0.2, -0.15) is 18.4 Å². The van der Waals surface area contributed by atoms with Gasteiger partial charge in [0.25, 0.3) is 10.0 Å². The van der Waals surface area contributed by atoms with Crippen molar-refractivity contribution in [1.29, 1.82) is 0 Å². The van der Waals surface area contributed by atoms with Gasteiger partial charge in [0.05, 0.1) is 20.4 Å². The number of ether oxygens (including phenoxy) is 2. The normalized spacial score (nSPS) is 11.5. The second-order valence-corrected chi connectivity index (χ2v) is 6.57. The first-order valence-electron chi connectivity index (χ1n) is 6.94. The number of aromatic hydroxyl groups is 1. The molecule has 0 atom stereocenters. The lowest BCUT2D eigenvalue weighted by Gasteiger charge is -2.09. The summed E-state index contributed by atoms with van der Waals surface area (Å²) in [5.74, 6) is 0.483. The van der Waals surface area contributed by atoms with Crippen molar-refractivity contribution in [3.05, 3.63) is 47.5 Å². The molecule has 2 aromatic carbocycles. The third-order valence-electron chi connectivity index (χ3n) is 3.20. The van der Waals surface area contributed by atoms with Gasteiger partial charge in [-0.1, -0.05) is 6.07 Å². The topological polar surface area (TPSA) is 97.2 Å². The summed E-state index contributed by atoms with van der Waals surface area (Å²) in [5, 5.41) is 13.3. The Hall–Kier alpha value is -2.74. The number of nitrogens with one attached hydrogen (secondary N) is 1. The third-order valence-corrected chi connectivity index (χ3v) is 4.44. The van der Waals surface area contributed by atoms with Crippen LogP contribution in [0.4, 0.5) is 0 Å². The predicted molar refractivity (Wildman–Crippen MR) is 90.3 cm³/mol. The maximum atomic E-state index is 12.4. The zero-order valence-corrected chi connectivity index (χ0v) is 14.3. The van der Waals surface area contributed by atoms with E-state index < -0.39 is 10.0 Å². The highest BCUT2D eigenvalue weighted by Crippen LogP contribution is 2.26. The first-order valence-corrected chi connectivity index (χ1v) is 8.42. The van der Waals surface area contributed by atoms with E-state index in [1.807, 2.05) is 0 Å². The minimum atomic E-state index is -3.87. The van der Waals surface area contributed by atoms with Crippen molar-refractivity contribution in [3.63, 3.8) is 0 Å². The highest BCUT2D eigenvalue weighted by Gasteiger charge is 2.18. The quantitative estimate of drug-likeness (QED) is 0.614. The lowest BCUT2D eigenvalue weighted by Crippen LogP contribution is -2.19. The molecule has 0 saturated carbocycles. The molecular weight excluding hydrogens is 332 g/mol. The smallest absolute Gasteiger partial charge is 0.280 e. The largest absolute Gasteiger partial charge is 0.504 e. The minimum absolute atomic E-state index is 0.00503. The van der Waals surface area contributed by atoms with Crippen LogP contribution in [0, 0.1) is 6.92 Å². The van der Waals surface area contributed by atoms with Gasteiger partial charge in [-0.05, 0) is 48.4 Å². The van der Waals surface area contributed by atoms with Crippen molar-refractivity contribution in [1.82, 2.24) is 4.83 Å². The molecular formula is C16H18N2O5S. The summed E-state index contributed by atoms with van der Waals surface area (Å²) in [7, 11) is -1.06. The van der Waals surface area contributed by atoms with Crippen molar-refractivity contribution in [3.8, 4) is 17.2 Å². The lowest BCUT2D eigenvalue weighted by atomic mass is 10.2. The zero-order chi connectivity index (χ0) is 17.7. The van der Waals surface area contributed by atoms with E-state index in [-0.39, 0.29) is 22.1 Å². The van der Waals surface area contributed by atoms with E-state index in [9.17, 15) is 13.5 Å². The molecule has 0 aromatic heterocycles. The van der Waals surface area contributed by atoms with E-state index in [2.05, 4.69) is 9.93 Å². The van der Waals surface area contributed by atoms with Crippen molar-refractivity contribution >= 4 is 16.2 Å². The first kappa shape index (κ1) is 17.6. The Labute approximate surface area is 140 Å². The van der Waals surface area contributed by atoms with Crippen molar-refractivity contribution < 1.29 is 23.0 Å². The number of hydrogen-bond donors (Lipinski definition) is 2. The van der Waals surface area contributed by atoms with Crippen LogP contribution >= 0.6 is 0 Å². The second kappa shape index (κ2) is 7.22. The fraction of sp³-hybridized carbons (Fsp3) is 0.188. The van der Waals surface area contributed by atoms with Gasteiger partial charge in [0.15, 0.2) is 11.5 Å². The van der Waals surface area contributed by atoms with Gasteiger partial charge in [0, 0.05) is 0 Å². The maximum absolute atomic E-state index is 12.4. The van der Waals surface area contributed by atoms with Crippen LogP contribution < -0.4 is 14.3 Å². The fourth-order valence-corrected chi connectivity index (χ4v) is 3.03. The molecule has 128 valence electrons. The summed E-state index contributed by atoms with van der Waals surface area (Å²) in [5.41, 5.74) is 1.34. The van der Waals surface area contributed by atoms with Crippen LogP contribution in [-0.4, -0.2) is 34.0 Å². The van der Waals surface area contributed by atoms with E-state index in [1.54, 1.807) is 25.1 Å². The molecule has 0 bridgehead atoms. The van der Waals surface area contributed by atoms with Crippen LogP contribution in [-0.2, 0) is 10.0 Å². The number of hydrogen-bond acceptors (Lipinski definition) is 6. The van der Waals surface area contributed by atoms with Gasteiger partial charge in [-0.25, -0.2) is 0 Å². The molecule has 7 nitrogen and oxygen atoms in total. The van der Waals surface area contributed by atoms with E-state index in [0.29, 0.717) is 5.56 Å². The number of phenolic OH excluding ortho intramolecular Hbond substituents is 1. The average Bonchev–Trinajstić information content (AvgIpc) is 2.56. The molecule has 0 saturated heterocycles. The summed E-state index contributed by atoms with van der Waals surface area (Å²) < 4.78 is 34.8. The molecule has 2 rings (SSSR count). The minimum Gasteiger partial charge on any atom is -0.504 e. The standard InChI is InChI=1S/C16H18N2O5S/c1-11-4-7-14(22-2)16(8-11)24(20,21)18-17-10-12-5-6-13(19)15(9-12)23-3/h4-10,18-19H,1-3H3/b17-10+. The highest BCUT2D eigenvalue weighted by molar-refractivity contribution is 7.89. The van der Waals surface area contributed by atoms with Gasteiger partial charge >= 0.3 is 0 Å². The van der Waals surface area contributed by atoms with Gasteiger partial charge in [-0.15, -0.1) is 0 Å². The van der Waals surface area contributed by atoms with Gasteiger partial charge in [0.2, 0.25) is 0 Å². The molecule has 0 heterocycles. The van der Waals surface area contributed by atoms with Crippen molar-refractivity contribution in [2.75, 3.05) is 14.2 Å². The summed E-state index contributed by atoms with van der Waals surface area (Å²) in [6, 6.07) is 9.37. The van der Waals surface area contributed by atoms with Crippen LogP contribution in [0.2, 0.25) is 0 Å². The molecule has 0 aliphatic carbocycles. The molecule has 0 unspecified atom stereocenters. The van der Waals surface area contributed by atoms with Gasteiger partial charge in [-0.3, -0.25) is 0 Å². The molecule has 0 radical (unpaired) electrons. The summed E-state index contributed by atoms with van der Waals surface area (Å²) in [6.45, 7) is 1.78. The molecule has 2 N–H and O–H groups in total. The molecule has 8 heteroatoms. The number of phenols is 1. The molecule has 0 amide bonds. The first-order chi connectivity index (χ1) is 11.4. The number of nitrogens with zero attached hydrogens (tertiary/aromatic N) is 1. The van der Waals surface area contributed by atoms with Crippen molar-refractivity contribution in [2.45, 2.75) is 11.8 Å². The van der Waals surface area contributed by atoms with Gasteiger partial charge in [0.1, 0.15) is 10.6 Å². The summed E-state index contributed by atoms with van der Waals surface area (Å²) in [6.07, 6.45) is 1.31. The van der Waals surface area contributed by atoms with Crippen LogP contribution in [0.15, 0.2) is 46.4 Å². The van der Waals surface area contributed by atoms with E-state index in [0.717, 1.165) is 5.56 Å². The predicted octanol–water partition coefficient (Wildman–Crippen LogP) is 2.03. The number of aryl methyl sites for hydroxylation is 1. The second-order valence-electron chi connectivity index (χ2n) is 4.94. The lowest BCUT2D eigenvalue weighted by molar-refractivity contribution is 0.373. The Bertz CT molecular complexity index is 863. The highest BCUT2D eigenvalue weighted by atomic mass is 32.2. The molecule has 2 aromatic rings. The Morgan fingerprint density at radius 2 is 1.79 bits per heavy atom. The van der Waals surface area contributed by atoms with Crippen LogP contribution in [0.25, 0.3) is 0 Å². The Morgan fingerprint density at radius 1 is 1.08 bits per heavy atom. The summed E-state index contributed by atoms with van der Waals surface area (Å²) in [4.78, 5) is 2.14. The van der Waals surface area contributed by atoms with E-state index in [1.165, 1.54) is 38.6 Å². The summed E-state index contributed by atoms with van der Waals surface area (Å²) >= 11 is 0. The zero-order valence-electron chi connectivity index (χ0n) is 13.5. The molecule has 24 heavy (non-hydrogen) atoms. The molecule has 0 fully saturated rings. The third kappa shape index (κ3) is 3.96. The van der Waals surface area contributed by atoms with Crippen LogP contribution in [0.3, 0.4) is 0 Å². The number of benzene rings is 2. The molecule has 0 aliphatic rings. The SMILES string of the molecule is COc1cc(/C=N/NS(=O)(=O)c2cc(C)ccc2OC)ccc1O. The Kier molecular flexibility index (Phi) is 5.30. The number of rotatable bonds is 6. The Balaban J connectivity index is 2.23. The van der Waals surface area contributed by atoms with Gasteiger partial charge < -0.3 is 14.6 Å². The number of hydrazone groups is 1. The van der Waals surface area contributed by atoms with Crippen molar-refractivity contribution in [2.24, 2.45) is 5.10 Å². The monoisotopic (exact) mass is 350 g/mol. The Morgan fingerprint density at radius 3 is 2.46 bits per heavy atom. The number of methoxy groups -OCH3 is 2. The van der Waals surface area contributed by atoms with Crippen LogP contribution in [0.5, 0.6) is 17.2 Å². The maximum Gasteiger partial charge on any atom is 0.280 e. The number of sulfonamides is 1. The molecule has 0 spiro atoms. The van der Waals surface area contributed by atoms with E-state index in [4.69, 9.17) is 9.47 Å².